The average molecular weight is 420 g/mol. The van der Waals surface area contributed by atoms with Crippen molar-refractivity contribution in [2.75, 3.05) is 17.7 Å². The summed E-state index contributed by atoms with van der Waals surface area (Å²) in [6, 6.07) is 18.7. The predicted molar refractivity (Wildman–Crippen MR) is 115 cm³/mol. The molecule has 0 aromatic heterocycles. The Morgan fingerprint density at radius 3 is 1.61 bits per heavy atom. The van der Waals surface area contributed by atoms with Crippen LogP contribution < -0.4 is 15.4 Å². The average Bonchev–Trinajstić information content (AvgIpc) is 2.78. The van der Waals surface area contributed by atoms with E-state index in [9.17, 15) is 14.4 Å². The van der Waals surface area contributed by atoms with Gasteiger partial charge in [0.1, 0.15) is 5.75 Å². The molecule has 0 atom stereocenters. The summed E-state index contributed by atoms with van der Waals surface area (Å²) in [6.07, 6.45) is -0.942. The van der Waals surface area contributed by atoms with Crippen LogP contribution >= 0.6 is 0 Å². The molecule has 8 heteroatoms. The van der Waals surface area contributed by atoms with E-state index < -0.39 is 18.1 Å². The minimum absolute atomic E-state index is 0.121. The van der Waals surface area contributed by atoms with Crippen molar-refractivity contribution < 1.29 is 29.3 Å². The molecule has 31 heavy (non-hydrogen) atoms. The number of para-hydroxylation sites is 1. The number of anilines is 2. The van der Waals surface area contributed by atoms with E-state index in [4.69, 9.17) is 14.9 Å². The standard InChI is InChI=1S/C23H20N2O6/c1-31-19-5-3-2-4-18(19)20(26)21(24-16-10-6-14(7-11-16)22(27)28)25-17-12-8-15(9-13-17)23(29)30/h2-13,21,24-25H,1H3,(H,27,28)(H,29,30). The first-order valence-corrected chi connectivity index (χ1v) is 9.26. The number of hydrogen-bond acceptors (Lipinski definition) is 6. The van der Waals surface area contributed by atoms with Gasteiger partial charge in [0.15, 0.2) is 6.17 Å². The number of carbonyl (C=O) groups is 3. The van der Waals surface area contributed by atoms with Crippen molar-refractivity contribution in [1.29, 1.82) is 0 Å². The Kier molecular flexibility index (Phi) is 6.51. The molecule has 158 valence electrons. The van der Waals surface area contributed by atoms with E-state index in [2.05, 4.69) is 10.6 Å². The van der Waals surface area contributed by atoms with Gasteiger partial charge in [-0.1, -0.05) is 12.1 Å². The summed E-state index contributed by atoms with van der Waals surface area (Å²) in [5, 5.41) is 24.2. The normalized spacial score (nSPS) is 10.4. The first-order valence-electron chi connectivity index (χ1n) is 9.26. The lowest BCUT2D eigenvalue weighted by atomic mass is 10.1. The molecule has 4 N–H and O–H groups in total. The van der Waals surface area contributed by atoms with Crippen LogP contribution in [0.3, 0.4) is 0 Å². The lowest BCUT2D eigenvalue weighted by molar-refractivity contribution is 0.0686. The Labute approximate surface area is 178 Å². The van der Waals surface area contributed by atoms with Gasteiger partial charge in [0.05, 0.1) is 23.8 Å². The summed E-state index contributed by atoms with van der Waals surface area (Å²) < 4.78 is 5.29. The lowest BCUT2D eigenvalue weighted by Gasteiger charge is -2.22. The molecule has 0 heterocycles. The number of ketones is 1. The fraction of sp³-hybridized carbons (Fsp3) is 0.0870. The van der Waals surface area contributed by atoms with Crippen LogP contribution in [-0.4, -0.2) is 41.2 Å². The number of carboxylic acids is 2. The third-order valence-corrected chi connectivity index (χ3v) is 4.52. The molecule has 0 aliphatic heterocycles. The van der Waals surface area contributed by atoms with Gasteiger partial charge in [0, 0.05) is 11.4 Å². The van der Waals surface area contributed by atoms with Gasteiger partial charge in [-0.15, -0.1) is 0 Å². The van der Waals surface area contributed by atoms with E-state index in [1.54, 1.807) is 48.5 Å². The van der Waals surface area contributed by atoms with E-state index in [0.29, 0.717) is 22.7 Å². The lowest BCUT2D eigenvalue weighted by Crippen LogP contribution is -2.37. The van der Waals surface area contributed by atoms with Gasteiger partial charge in [0.2, 0.25) is 5.78 Å². The van der Waals surface area contributed by atoms with Gasteiger partial charge in [-0.25, -0.2) is 9.59 Å². The zero-order chi connectivity index (χ0) is 22.4. The molecular weight excluding hydrogens is 400 g/mol. The highest BCUT2D eigenvalue weighted by Gasteiger charge is 2.23. The molecule has 3 aromatic carbocycles. The molecule has 0 saturated carbocycles. The SMILES string of the molecule is COc1ccccc1C(=O)C(Nc1ccc(C(=O)O)cc1)Nc1ccc(C(=O)O)cc1. The quantitative estimate of drug-likeness (QED) is 0.304. The number of benzene rings is 3. The minimum Gasteiger partial charge on any atom is -0.496 e. The third-order valence-electron chi connectivity index (χ3n) is 4.52. The predicted octanol–water partition coefficient (Wildman–Crippen LogP) is 3.82. The van der Waals surface area contributed by atoms with Crippen molar-refractivity contribution in [2.45, 2.75) is 6.17 Å². The Hall–Kier alpha value is -4.33. The monoisotopic (exact) mass is 420 g/mol. The molecule has 0 aliphatic carbocycles. The number of rotatable bonds is 9. The highest BCUT2D eigenvalue weighted by Crippen LogP contribution is 2.22. The molecule has 0 amide bonds. The smallest absolute Gasteiger partial charge is 0.335 e. The molecule has 0 bridgehead atoms. The highest BCUT2D eigenvalue weighted by atomic mass is 16.5. The highest BCUT2D eigenvalue weighted by molar-refractivity contribution is 6.05. The number of Topliss-reactive ketones (excluding diaryl/α,β-unsaturated/α-hetero) is 1. The van der Waals surface area contributed by atoms with Crippen LogP contribution in [0.15, 0.2) is 72.8 Å². The second-order valence-corrected chi connectivity index (χ2v) is 6.55. The molecule has 0 unspecified atom stereocenters. The maximum absolute atomic E-state index is 13.3. The van der Waals surface area contributed by atoms with Crippen molar-refractivity contribution in [3.63, 3.8) is 0 Å². The topological polar surface area (TPSA) is 125 Å². The molecule has 0 aliphatic rings. The first-order chi connectivity index (χ1) is 14.9. The Morgan fingerprint density at radius 1 is 0.742 bits per heavy atom. The maximum atomic E-state index is 13.3. The number of aromatic carboxylic acids is 2. The van der Waals surface area contributed by atoms with Crippen molar-refractivity contribution in [3.05, 3.63) is 89.5 Å². The molecule has 0 saturated heterocycles. The van der Waals surface area contributed by atoms with Crippen molar-refractivity contribution in [2.24, 2.45) is 0 Å². The number of nitrogens with one attached hydrogen (secondary N) is 2. The van der Waals surface area contributed by atoms with Crippen LogP contribution in [0.25, 0.3) is 0 Å². The Bertz CT molecular complexity index is 1030. The van der Waals surface area contributed by atoms with E-state index >= 15 is 0 Å². The molecular formula is C23H20N2O6. The van der Waals surface area contributed by atoms with Crippen molar-refractivity contribution in [1.82, 2.24) is 0 Å². The number of carboxylic acid groups (broad SMARTS) is 2. The Morgan fingerprint density at radius 2 is 1.19 bits per heavy atom. The van der Waals surface area contributed by atoms with E-state index in [-0.39, 0.29) is 16.9 Å². The third kappa shape index (κ3) is 5.18. The largest absolute Gasteiger partial charge is 0.496 e. The van der Waals surface area contributed by atoms with Crippen LogP contribution in [0.2, 0.25) is 0 Å². The number of ether oxygens (including phenoxy) is 1. The number of methoxy groups -OCH3 is 1. The fourth-order valence-electron chi connectivity index (χ4n) is 2.92. The van der Waals surface area contributed by atoms with Gasteiger partial charge in [-0.3, -0.25) is 4.79 Å². The van der Waals surface area contributed by atoms with Crippen LogP contribution in [0.4, 0.5) is 11.4 Å². The summed E-state index contributed by atoms with van der Waals surface area (Å²) in [5.74, 6) is -2.01. The van der Waals surface area contributed by atoms with Gasteiger partial charge in [-0.05, 0) is 60.7 Å². The van der Waals surface area contributed by atoms with Crippen molar-refractivity contribution in [3.8, 4) is 5.75 Å². The van der Waals surface area contributed by atoms with Gasteiger partial charge >= 0.3 is 11.9 Å². The number of carbonyl (C=O) groups excluding carboxylic acids is 1. The zero-order valence-electron chi connectivity index (χ0n) is 16.5. The molecule has 3 aromatic rings. The molecule has 3 rings (SSSR count). The van der Waals surface area contributed by atoms with Crippen molar-refractivity contribution >= 4 is 29.1 Å². The summed E-state index contributed by atoms with van der Waals surface area (Å²) in [7, 11) is 1.47. The van der Waals surface area contributed by atoms with E-state index in [1.807, 2.05) is 0 Å². The first kappa shape index (κ1) is 21.4. The van der Waals surface area contributed by atoms with Crippen LogP contribution in [0.5, 0.6) is 5.75 Å². The Balaban J connectivity index is 1.91. The summed E-state index contributed by atoms with van der Waals surface area (Å²) in [5.41, 5.74) is 1.63. The van der Waals surface area contributed by atoms with E-state index in [1.165, 1.54) is 31.4 Å². The van der Waals surface area contributed by atoms with Gasteiger partial charge in [0.25, 0.3) is 0 Å². The number of hydrogen-bond donors (Lipinski definition) is 4. The van der Waals surface area contributed by atoms with Crippen LogP contribution in [-0.2, 0) is 0 Å². The van der Waals surface area contributed by atoms with E-state index in [0.717, 1.165) is 0 Å². The summed E-state index contributed by atoms with van der Waals surface area (Å²) in [6.45, 7) is 0. The molecule has 0 fully saturated rings. The molecule has 0 spiro atoms. The minimum atomic E-state index is -1.05. The van der Waals surface area contributed by atoms with Crippen LogP contribution in [0, 0.1) is 0 Å². The fourth-order valence-corrected chi connectivity index (χ4v) is 2.92. The summed E-state index contributed by atoms with van der Waals surface area (Å²) in [4.78, 5) is 35.4. The zero-order valence-corrected chi connectivity index (χ0v) is 16.5. The second kappa shape index (κ2) is 9.45. The molecule has 0 radical (unpaired) electrons. The molecule has 8 nitrogen and oxygen atoms in total. The van der Waals surface area contributed by atoms with Crippen LogP contribution in [0.1, 0.15) is 31.1 Å². The second-order valence-electron chi connectivity index (χ2n) is 6.55. The van der Waals surface area contributed by atoms with Gasteiger partial charge < -0.3 is 25.6 Å². The van der Waals surface area contributed by atoms with Gasteiger partial charge in [-0.2, -0.15) is 0 Å². The summed E-state index contributed by atoms with van der Waals surface area (Å²) >= 11 is 0. The maximum Gasteiger partial charge on any atom is 0.335 e.